The van der Waals surface area contributed by atoms with E-state index >= 15 is 0 Å². The molecule has 0 saturated carbocycles. The number of hydrogen-bond donors (Lipinski definition) is 1. The molecule has 0 radical (unpaired) electrons. The smallest absolute Gasteiger partial charge is 0.110 e. The summed E-state index contributed by atoms with van der Waals surface area (Å²) in [5.41, 5.74) is 0.236. The van der Waals surface area contributed by atoms with Crippen LogP contribution in [0.1, 0.15) is 26.7 Å². The zero-order chi connectivity index (χ0) is 7.11. The van der Waals surface area contributed by atoms with Crippen LogP contribution in [-0.4, -0.2) is 12.0 Å². The van der Waals surface area contributed by atoms with Crippen molar-refractivity contribution >= 4 is 22.5 Å². The predicted octanol–water partition coefficient (Wildman–Crippen LogP) is 2.73. The van der Waals surface area contributed by atoms with Crippen LogP contribution in [0.4, 0.5) is 0 Å². The fourth-order valence-electron chi connectivity index (χ4n) is 0.424. The summed E-state index contributed by atoms with van der Waals surface area (Å²) in [4.78, 5) is 0. The van der Waals surface area contributed by atoms with Crippen molar-refractivity contribution in [1.82, 2.24) is 0 Å². The van der Waals surface area contributed by atoms with E-state index in [1.54, 1.807) is 0 Å². The van der Waals surface area contributed by atoms with Crippen LogP contribution in [-0.2, 0) is 4.74 Å². The van der Waals surface area contributed by atoms with E-state index in [0.717, 1.165) is 13.0 Å². The van der Waals surface area contributed by atoms with Crippen molar-refractivity contribution in [3.05, 3.63) is 0 Å². The molecule has 0 amide bonds. The van der Waals surface area contributed by atoms with Crippen molar-refractivity contribution in [2.75, 3.05) is 6.61 Å². The van der Waals surface area contributed by atoms with E-state index in [1.807, 2.05) is 6.92 Å². The van der Waals surface area contributed by atoms with Crippen LogP contribution in [0.25, 0.3) is 0 Å². The van der Waals surface area contributed by atoms with E-state index in [1.165, 1.54) is 17.2 Å². The summed E-state index contributed by atoms with van der Waals surface area (Å²) in [6.07, 6.45) is 2.35. The molecule has 0 aliphatic carbocycles. The van der Waals surface area contributed by atoms with Crippen molar-refractivity contribution in [3.8, 4) is 0 Å². The van der Waals surface area contributed by atoms with Gasteiger partial charge in [-0.2, -0.15) is 0 Å². The molecule has 9 heavy (non-hydrogen) atoms. The van der Waals surface area contributed by atoms with Crippen LogP contribution in [0.5, 0.6) is 0 Å². The van der Waals surface area contributed by atoms with E-state index in [2.05, 4.69) is 18.6 Å². The molecule has 3 heteroatoms. The molecule has 1 nitrogen and oxygen atoms in total. The average Bonchev–Trinajstić information content (AvgIpc) is 1.89. The van der Waals surface area contributed by atoms with Crippen LogP contribution in [0.15, 0.2) is 0 Å². The zero-order valence-corrected chi connectivity index (χ0v) is 7.67. The quantitative estimate of drug-likeness (QED) is 0.291. The van der Waals surface area contributed by atoms with Crippen LogP contribution in [0, 0.1) is 0 Å². The standard InChI is InChI=1S/C6H14OS2/c1-3-4-5-7-6(2)9-8/h6,8H,3-5H2,1-2H3. The van der Waals surface area contributed by atoms with Crippen LogP contribution in [0.2, 0.25) is 0 Å². The van der Waals surface area contributed by atoms with E-state index in [-0.39, 0.29) is 5.44 Å². The third-order valence-corrected chi connectivity index (χ3v) is 2.32. The van der Waals surface area contributed by atoms with E-state index in [0.29, 0.717) is 0 Å². The van der Waals surface area contributed by atoms with Crippen molar-refractivity contribution < 1.29 is 4.74 Å². The topological polar surface area (TPSA) is 9.23 Å². The minimum Gasteiger partial charge on any atom is -0.367 e. The van der Waals surface area contributed by atoms with Gasteiger partial charge in [-0.1, -0.05) is 24.1 Å². The Bertz CT molecular complexity index is 59.0. The summed E-state index contributed by atoms with van der Waals surface area (Å²) in [6, 6.07) is 0. The van der Waals surface area contributed by atoms with Gasteiger partial charge in [0.15, 0.2) is 0 Å². The monoisotopic (exact) mass is 166 g/mol. The van der Waals surface area contributed by atoms with Gasteiger partial charge >= 0.3 is 0 Å². The fraction of sp³-hybridized carbons (Fsp3) is 1.00. The fourth-order valence-corrected chi connectivity index (χ4v) is 0.764. The molecule has 56 valence electrons. The molecule has 0 rings (SSSR count). The highest BCUT2D eigenvalue weighted by molar-refractivity contribution is 8.68. The van der Waals surface area contributed by atoms with Crippen molar-refractivity contribution in [3.63, 3.8) is 0 Å². The first-order valence-electron chi connectivity index (χ1n) is 3.23. The van der Waals surface area contributed by atoms with Gasteiger partial charge in [0, 0.05) is 6.61 Å². The SMILES string of the molecule is CCCCOC(C)SS. The van der Waals surface area contributed by atoms with Gasteiger partial charge in [0.05, 0.1) is 0 Å². The molecule has 0 aliphatic rings. The second kappa shape index (κ2) is 6.78. The number of rotatable bonds is 5. The van der Waals surface area contributed by atoms with E-state index in [4.69, 9.17) is 4.74 Å². The summed E-state index contributed by atoms with van der Waals surface area (Å²) >= 11 is 4.01. The van der Waals surface area contributed by atoms with Gasteiger partial charge in [0.2, 0.25) is 0 Å². The minimum absolute atomic E-state index is 0.236. The molecule has 0 aromatic heterocycles. The normalized spacial score (nSPS) is 13.7. The molecule has 0 fully saturated rings. The molecule has 1 unspecified atom stereocenters. The maximum absolute atomic E-state index is 5.32. The maximum Gasteiger partial charge on any atom is 0.110 e. The second-order valence-corrected chi connectivity index (χ2v) is 3.40. The molecule has 0 aromatic rings. The molecule has 1 atom stereocenters. The largest absolute Gasteiger partial charge is 0.367 e. The third kappa shape index (κ3) is 6.55. The molecule has 0 aromatic carbocycles. The molecule has 0 heterocycles. The first-order chi connectivity index (χ1) is 4.31. The Morgan fingerprint density at radius 2 is 2.33 bits per heavy atom. The molecule has 0 bridgehead atoms. The van der Waals surface area contributed by atoms with Crippen molar-refractivity contribution in [2.24, 2.45) is 0 Å². The summed E-state index contributed by atoms with van der Waals surface area (Å²) in [6.45, 7) is 5.03. The van der Waals surface area contributed by atoms with Crippen LogP contribution in [0.3, 0.4) is 0 Å². The van der Waals surface area contributed by atoms with Gasteiger partial charge < -0.3 is 4.74 Å². The predicted molar refractivity (Wildman–Crippen MR) is 46.9 cm³/mol. The number of hydrogen-bond acceptors (Lipinski definition) is 3. The Kier molecular flexibility index (Phi) is 7.27. The van der Waals surface area contributed by atoms with Gasteiger partial charge in [0.25, 0.3) is 0 Å². The average molecular weight is 166 g/mol. The van der Waals surface area contributed by atoms with Gasteiger partial charge in [-0.25, -0.2) is 0 Å². The first-order valence-corrected chi connectivity index (χ1v) is 5.16. The lowest BCUT2D eigenvalue weighted by Gasteiger charge is -2.07. The Hall–Kier alpha value is 0.660. The summed E-state index contributed by atoms with van der Waals surface area (Å²) in [5, 5.41) is 0. The Labute approximate surface area is 66.4 Å². The van der Waals surface area contributed by atoms with Gasteiger partial charge in [-0.3, -0.25) is 0 Å². The summed E-state index contributed by atoms with van der Waals surface area (Å²) < 4.78 is 5.32. The van der Waals surface area contributed by atoms with Crippen LogP contribution < -0.4 is 0 Å². The Morgan fingerprint density at radius 3 is 2.78 bits per heavy atom. The molecule has 0 N–H and O–H groups in total. The third-order valence-electron chi connectivity index (χ3n) is 0.999. The number of ether oxygens (including phenoxy) is 1. The lowest BCUT2D eigenvalue weighted by molar-refractivity contribution is 0.122. The second-order valence-electron chi connectivity index (χ2n) is 1.90. The number of thiol groups is 1. The summed E-state index contributed by atoms with van der Waals surface area (Å²) in [5.74, 6) is 0. The highest BCUT2D eigenvalue weighted by atomic mass is 33.1. The Balaban J connectivity index is 2.88. The maximum atomic E-state index is 5.32. The number of unbranched alkanes of at least 4 members (excludes halogenated alkanes) is 1. The van der Waals surface area contributed by atoms with Gasteiger partial charge in [-0.15, -0.1) is 11.7 Å². The zero-order valence-electron chi connectivity index (χ0n) is 5.96. The highest BCUT2D eigenvalue weighted by Gasteiger charge is 1.96. The van der Waals surface area contributed by atoms with E-state index < -0.39 is 0 Å². The molecule has 0 spiro atoms. The lowest BCUT2D eigenvalue weighted by atomic mass is 10.4. The molecule has 0 aliphatic heterocycles. The van der Waals surface area contributed by atoms with Crippen LogP contribution >= 0.6 is 22.5 Å². The Morgan fingerprint density at radius 1 is 1.67 bits per heavy atom. The lowest BCUT2D eigenvalue weighted by Crippen LogP contribution is -2.02. The van der Waals surface area contributed by atoms with Crippen molar-refractivity contribution in [2.45, 2.75) is 32.1 Å². The minimum atomic E-state index is 0.236. The first kappa shape index (κ1) is 9.66. The highest BCUT2D eigenvalue weighted by Crippen LogP contribution is 2.15. The molecular formula is C6H14OS2. The van der Waals surface area contributed by atoms with Crippen molar-refractivity contribution in [1.29, 1.82) is 0 Å². The summed E-state index contributed by atoms with van der Waals surface area (Å²) in [7, 11) is 1.45. The van der Waals surface area contributed by atoms with Gasteiger partial charge in [0.1, 0.15) is 5.44 Å². The molecule has 0 saturated heterocycles. The molecular weight excluding hydrogens is 152 g/mol. The van der Waals surface area contributed by atoms with E-state index in [9.17, 15) is 0 Å². The van der Waals surface area contributed by atoms with Gasteiger partial charge in [-0.05, 0) is 13.3 Å².